The zero-order valence-corrected chi connectivity index (χ0v) is 8.68. The van der Waals surface area contributed by atoms with Gasteiger partial charge >= 0.3 is 6.18 Å². The van der Waals surface area contributed by atoms with Crippen molar-refractivity contribution >= 4 is 11.3 Å². The first-order valence-electron chi connectivity index (χ1n) is 4.31. The SMILES string of the molecule is FC(F)(F)c1csc(Oc2ccccc2)n1. The first-order chi connectivity index (χ1) is 7.55. The van der Waals surface area contributed by atoms with Crippen LogP contribution in [-0.4, -0.2) is 4.98 Å². The van der Waals surface area contributed by atoms with Crippen LogP contribution in [0.1, 0.15) is 5.69 Å². The van der Waals surface area contributed by atoms with Crippen molar-refractivity contribution in [2.24, 2.45) is 0 Å². The molecule has 0 atom stereocenters. The van der Waals surface area contributed by atoms with E-state index in [1.807, 2.05) is 0 Å². The standard InChI is InChI=1S/C10H6F3NOS/c11-10(12,13)8-6-16-9(14-8)15-7-4-2-1-3-5-7/h1-6H. The highest BCUT2D eigenvalue weighted by molar-refractivity contribution is 7.11. The van der Waals surface area contributed by atoms with E-state index >= 15 is 0 Å². The van der Waals surface area contributed by atoms with E-state index in [1.165, 1.54) is 0 Å². The predicted octanol–water partition coefficient (Wildman–Crippen LogP) is 3.95. The Morgan fingerprint density at radius 2 is 1.81 bits per heavy atom. The van der Waals surface area contributed by atoms with Crippen LogP contribution >= 0.6 is 11.3 Å². The Morgan fingerprint density at radius 3 is 2.38 bits per heavy atom. The molecular formula is C10H6F3NOS. The number of halogens is 3. The largest absolute Gasteiger partial charge is 0.434 e. The monoisotopic (exact) mass is 245 g/mol. The fraction of sp³-hybridized carbons (Fsp3) is 0.100. The van der Waals surface area contributed by atoms with Gasteiger partial charge in [0.2, 0.25) is 0 Å². The number of benzene rings is 1. The van der Waals surface area contributed by atoms with Crippen LogP contribution in [-0.2, 0) is 6.18 Å². The van der Waals surface area contributed by atoms with Crippen molar-refractivity contribution in [1.29, 1.82) is 0 Å². The molecule has 0 fully saturated rings. The molecule has 0 aliphatic carbocycles. The molecule has 0 amide bonds. The summed E-state index contributed by atoms with van der Waals surface area (Å²) in [4.78, 5) is 3.35. The maximum atomic E-state index is 12.2. The number of para-hydroxylation sites is 1. The first-order valence-corrected chi connectivity index (χ1v) is 5.19. The van der Waals surface area contributed by atoms with Crippen LogP contribution in [0.25, 0.3) is 0 Å². The summed E-state index contributed by atoms with van der Waals surface area (Å²) in [5.41, 5.74) is -0.927. The van der Waals surface area contributed by atoms with E-state index < -0.39 is 11.9 Å². The van der Waals surface area contributed by atoms with Crippen molar-refractivity contribution in [3.63, 3.8) is 0 Å². The van der Waals surface area contributed by atoms with Crippen molar-refractivity contribution in [2.75, 3.05) is 0 Å². The van der Waals surface area contributed by atoms with Crippen LogP contribution in [0.15, 0.2) is 35.7 Å². The molecule has 0 spiro atoms. The van der Waals surface area contributed by atoms with Gasteiger partial charge in [0.1, 0.15) is 5.75 Å². The molecule has 0 radical (unpaired) electrons. The maximum Gasteiger partial charge on any atom is 0.434 e. The summed E-state index contributed by atoms with van der Waals surface area (Å²) in [6.45, 7) is 0. The zero-order valence-electron chi connectivity index (χ0n) is 7.86. The van der Waals surface area contributed by atoms with Crippen LogP contribution in [0, 0.1) is 0 Å². The minimum absolute atomic E-state index is 0.0153. The highest BCUT2D eigenvalue weighted by Gasteiger charge is 2.34. The lowest BCUT2D eigenvalue weighted by Crippen LogP contribution is -2.04. The van der Waals surface area contributed by atoms with E-state index in [2.05, 4.69) is 4.98 Å². The second-order valence-corrected chi connectivity index (χ2v) is 3.73. The molecule has 1 aromatic heterocycles. The average Bonchev–Trinajstić information content (AvgIpc) is 2.67. The third kappa shape index (κ3) is 2.52. The molecule has 1 heterocycles. The fourth-order valence-electron chi connectivity index (χ4n) is 1.02. The molecule has 16 heavy (non-hydrogen) atoms. The van der Waals surface area contributed by atoms with E-state index in [9.17, 15) is 13.2 Å². The molecule has 0 aliphatic heterocycles. The Kier molecular flexibility index (Phi) is 2.82. The maximum absolute atomic E-state index is 12.2. The Morgan fingerprint density at radius 1 is 1.12 bits per heavy atom. The normalized spacial score (nSPS) is 11.4. The summed E-state index contributed by atoms with van der Waals surface area (Å²) >= 11 is 0.818. The summed E-state index contributed by atoms with van der Waals surface area (Å²) in [6, 6.07) is 8.54. The van der Waals surface area contributed by atoms with E-state index in [0.29, 0.717) is 5.75 Å². The van der Waals surface area contributed by atoms with Gasteiger partial charge in [0, 0.05) is 5.38 Å². The van der Waals surface area contributed by atoms with Gasteiger partial charge in [-0.25, -0.2) is 0 Å². The quantitative estimate of drug-likeness (QED) is 0.799. The van der Waals surface area contributed by atoms with Gasteiger partial charge in [0.25, 0.3) is 5.19 Å². The fourth-order valence-corrected chi connectivity index (χ4v) is 1.72. The number of nitrogens with zero attached hydrogens (tertiary/aromatic N) is 1. The van der Waals surface area contributed by atoms with Gasteiger partial charge in [0.15, 0.2) is 5.69 Å². The highest BCUT2D eigenvalue weighted by Crippen LogP contribution is 2.33. The summed E-state index contributed by atoms with van der Waals surface area (Å²) in [5.74, 6) is 0.463. The van der Waals surface area contributed by atoms with E-state index in [4.69, 9.17) is 4.74 Å². The third-order valence-corrected chi connectivity index (χ3v) is 2.44. The first kappa shape index (κ1) is 10.9. The molecule has 6 heteroatoms. The van der Waals surface area contributed by atoms with Crippen LogP contribution in [0.2, 0.25) is 0 Å². The predicted molar refractivity (Wildman–Crippen MR) is 53.6 cm³/mol. The Bertz CT molecular complexity index is 466. The number of alkyl halides is 3. The van der Waals surface area contributed by atoms with Gasteiger partial charge in [-0.05, 0) is 12.1 Å². The van der Waals surface area contributed by atoms with Gasteiger partial charge in [-0.15, -0.1) is 0 Å². The van der Waals surface area contributed by atoms with Crippen molar-refractivity contribution in [3.8, 4) is 10.9 Å². The molecule has 0 aliphatic rings. The molecule has 0 saturated heterocycles. The lowest BCUT2D eigenvalue weighted by molar-refractivity contribution is -0.140. The number of hydrogen-bond donors (Lipinski definition) is 0. The Labute approximate surface area is 93.3 Å². The molecular weight excluding hydrogens is 239 g/mol. The Hall–Kier alpha value is -1.56. The number of thiazole rings is 1. The molecule has 2 rings (SSSR count). The second-order valence-electron chi connectivity index (χ2n) is 2.91. The van der Waals surface area contributed by atoms with Gasteiger partial charge in [0.05, 0.1) is 0 Å². The summed E-state index contributed by atoms with van der Waals surface area (Å²) < 4.78 is 41.8. The van der Waals surface area contributed by atoms with Crippen molar-refractivity contribution < 1.29 is 17.9 Å². The summed E-state index contributed by atoms with van der Waals surface area (Å²) in [5, 5.41) is 0.914. The molecule has 0 saturated carbocycles. The van der Waals surface area contributed by atoms with Crippen LogP contribution < -0.4 is 4.74 Å². The molecule has 0 N–H and O–H groups in total. The number of hydrogen-bond acceptors (Lipinski definition) is 3. The van der Waals surface area contributed by atoms with Gasteiger partial charge in [-0.3, -0.25) is 0 Å². The summed E-state index contributed by atoms with van der Waals surface area (Å²) in [7, 11) is 0. The lowest BCUT2D eigenvalue weighted by atomic mass is 10.3. The number of aromatic nitrogens is 1. The minimum atomic E-state index is -4.42. The topological polar surface area (TPSA) is 22.1 Å². The highest BCUT2D eigenvalue weighted by atomic mass is 32.1. The molecule has 84 valence electrons. The van der Waals surface area contributed by atoms with Crippen LogP contribution in [0.5, 0.6) is 10.9 Å². The van der Waals surface area contributed by atoms with Crippen LogP contribution in [0.3, 0.4) is 0 Å². The number of ether oxygens (including phenoxy) is 1. The van der Waals surface area contributed by atoms with Crippen molar-refractivity contribution in [1.82, 2.24) is 4.98 Å². The minimum Gasteiger partial charge on any atom is -0.431 e. The second kappa shape index (κ2) is 4.13. The van der Waals surface area contributed by atoms with Crippen molar-refractivity contribution in [3.05, 3.63) is 41.4 Å². The Balaban J connectivity index is 2.15. The molecule has 2 aromatic rings. The van der Waals surface area contributed by atoms with E-state index in [-0.39, 0.29) is 5.19 Å². The smallest absolute Gasteiger partial charge is 0.431 e. The third-order valence-electron chi connectivity index (χ3n) is 1.72. The average molecular weight is 245 g/mol. The van der Waals surface area contributed by atoms with Gasteiger partial charge in [-0.2, -0.15) is 18.2 Å². The van der Waals surface area contributed by atoms with Crippen molar-refractivity contribution in [2.45, 2.75) is 6.18 Å². The molecule has 0 unspecified atom stereocenters. The van der Waals surface area contributed by atoms with Gasteiger partial charge < -0.3 is 4.74 Å². The lowest BCUT2D eigenvalue weighted by Gasteiger charge is -2.01. The van der Waals surface area contributed by atoms with Gasteiger partial charge in [-0.1, -0.05) is 29.5 Å². The molecule has 1 aromatic carbocycles. The number of rotatable bonds is 2. The van der Waals surface area contributed by atoms with Crippen LogP contribution in [0.4, 0.5) is 13.2 Å². The summed E-state index contributed by atoms with van der Waals surface area (Å²) in [6.07, 6.45) is -4.42. The molecule has 2 nitrogen and oxygen atoms in total. The van der Waals surface area contributed by atoms with E-state index in [1.54, 1.807) is 30.3 Å². The van der Waals surface area contributed by atoms with E-state index in [0.717, 1.165) is 16.7 Å². The molecule has 0 bridgehead atoms. The zero-order chi connectivity index (χ0) is 11.6.